The Morgan fingerprint density at radius 3 is 3.00 bits per heavy atom. The van der Waals surface area contributed by atoms with E-state index in [9.17, 15) is 0 Å². The zero-order valence-corrected chi connectivity index (χ0v) is 14.9. The van der Waals surface area contributed by atoms with Gasteiger partial charge in [-0.25, -0.2) is 4.98 Å². The summed E-state index contributed by atoms with van der Waals surface area (Å²) < 4.78 is 0. The number of aromatic nitrogens is 2. The van der Waals surface area contributed by atoms with Crippen LogP contribution in [0.1, 0.15) is 23.3 Å². The average molecular weight is 331 g/mol. The number of aryl methyl sites for hydroxylation is 1. The van der Waals surface area contributed by atoms with E-state index in [0.29, 0.717) is 6.04 Å². The van der Waals surface area contributed by atoms with E-state index >= 15 is 0 Å². The van der Waals surface area contributed by atoms with E-state index in [1.807, 2.05) is 42.6 Å². The van der Waals surface area contributed by atoms with Gasteiger partial charge in [-0.15, -0.1) is 11.3 Å². The number of nitrogens with zero attached hydrogens (tertiary/aromatic N) is 4. The Balaban J connectivity index is 1.60. The van der Waals surface area contributed by atoms with Gasteiger partial charge in [0, 0.05) is 44.3 Å². The highest BCUT2D eigenvalue weighted by molar-refractivity contribution is 7.10. The van der Waals surface area contributed by atoms with Crippen LogP contribution in [0.25, 0.3) is 0 Å². The molecule has 0 saturated carbocycles. The number of anilines is 2. The zero-order valence-electron chi connectivity index (χ0n) is 14.1. The molecule has 3 rings (SSSR count). The lowest BCUT2D eigenvalue weighted by Gasteiger charge is -2.33. The van der Waals surface area contributed by atoms with Gasteiger partial charge in [0.1, 0.15) is 5.82 Å². The first kappa shape index (κ1) is 16.2. The Morgan fingerprint density at radius 1 is 1.39 bits per heavy atom. The molecular formula is C17H25N5S. The van der Waals surface area contributed by atoms with E-state index in [4.69, 9.17) is 0 Å². The normalized spacial score (nSPS) is 18.8. The number of rotatable bonds is 5. The van der Waals surface area contributed by atoms with Crippen LogP contribution in [0.2, 0.25) is 0 Å². The maximum atomic E-state index is 4.57. The molecule has 1 unspecified atom stereocenters. The second-order valence-corrected chi connectivity index (χ2v) is 7.38. The SMILES string of the molecule is Cc1ccsc1CN1CCCC(Nc2ccnc(N(C)C)n2)C1. The smallest absolute Gasteiger partial charge is 0.226 e. The van der Waals surface area contributed by atoms with Crippen molar-refractivity contribution in [1.29, 1.82) is 0 Å². The van der Waals surface area contributed by atoms with Gasteiger partial charge in [0.05, 0.1) is 0 Å². The predicted molar refractivity (Wildman–Crippen MR) is 97.3 cm³/mol. The lowest BCUT2D eigenvalue weighted by atomic mass is 10.1. The minimum Gasteiger partial charge on any atom is -0.366 e. The number of piperidine rings is 1. The molecule has 5 nitrogen and oxygen atoms in total. The quantitative estimate of drug-likeness (QED) is 0.912. The fraction of sp³-hybridized carbons (Fsp3) is 0.529. The number of thiophene rings is 1. The molecule has 1 fully saturated rings. The fourth-order valence-electron chi connectivity index (χ4n) is 2.94. The van der Waals surface area contributed by atoms with Gasteiger partial charge >= 0.3 is 0 Å². The van der Waals surface area contributed by atoms with Gasteiger partial charge in [-0.05, 0) is 49.4 Å². The van der Waals surface area contributed by atoms with E-state index in [1.54, 1.807) is 0 Å². The van der Waals surface area contributed by atoms with Gasteiger partial charge < -0.3 is 10.2 Å². The van der Waals surface area contributed by atoms with E-state index in [0.717, 1.165) is 24.9 Å². The van der Waals surface area contributed by atoms with E-state index in [-0.39, 0.29) is 0 Å². The molecule has 0 aromatic carbocycles. The predicted octanol–water partition coefficient (Wildman–Crippen LogP) is 2.99. The third kappa shape index (κ3) is 4.20. The van der Waals surface area contributed by atoms with Gasteiger partial charge in [-0.1, -0.05) is 0 Å². The summed E-state index contributed by atoms with van der Waals surface area (Å²) in [4.78, 5) is 14.8. The van der Waals surface area contributed by atoms with Crippen molar-refractivity contribution >= 4 is 23.1 Å². The fourth-order valence-corrected chi connectivity index (χ4v) is 3.89. The van der Waals surface area contributed by atoms with E-state index < -0.39 is 0 Å². The standard InChI is InChI=1S/C17H25N5S/c1-13-7-10-23-15(13)12-22-9-4-5-14(11-22)19-16-6-8-18-17(20-16)21(2)3/h6-8,10,14H,4-5,9,11-12H2,1-3H3,(H,18,19,20). The summed E-state index contributed by atoms with van der Waals surface area (Å²) in [6, 6.07) is 4.62. The molecule has 2 aromatic rings. The molecular weight excluding hydrogens is 306 g/mol. The highest BCUT2D eigenvalue weighted by Gasteiger charge is 2.21. The van der Waals surface area contributed by atoms with Crippen molar-refractivity contribution in [3.8, 4) is 0 Å². The molecule has 0 amide bonds. The summed E-state index contributed by atoms with van der Waals surface area (Å²) in [5.41, 5.74) is 1.41. The molecule has 23 heavy (non-hydrogen) atoms. The van der Waals surface area contributed by atoms with Crippen molar-refractivity contribution in [2.45, 2.75) is 32.4 Å². The van der Waals surface area contributed by atoms with Crippen LogP contribution in [0, 0.1) is 6.92 Å². The van der Waals surface area contributed by atoms with Gasteiger partial charge in [-0.2, -0.15) is 4.98 Å². The number of nitrogens with one attached hydrogen (secondary N) is 1. The minimum atomic E-state index is 0.453. The summed E-state index contributed by atoms with van der Waals surface area (Å²) >= 11 is 1.87. The van der Waals surface area contributed by atoms with Crippen LogP contribution in [0.4, 0.5) is 11.8 Å². The Morgan fingerprint density at radius 2 is 2.26 bits per heavy atom. The van der Waals surface area contributed by atoms with E-state index in [1.165, 1.54) is 29.8 Å². The first-order valence-electron chi connectivity index (χ1n) is 8.14. The lowest BCUT2D eigenvalue weighted by Crippen LogP contribution is -2.41. The maximum Gasteiger partial charge on any atom is 0.226 e. The van der Waals surface area contributed by atoms with Crippen LogP contribution in [-0.2, 0) is 6.54 Å². The largest absolute Gasteiger partial charge is 0.366 e. The molecule has 6 heteroatoms. The molecule has 1 saturated heterocycles. The Labute approximate surface area is 142 Å². The van der Waals surface area contributed by atoms with Gasteiger partial charge in [0.2, 0.25) is 5.95 Å². The molecule has 1 aliphatic rings. The van der Waals surface area contributed by atoms with Crippen LogP contribution in [-0.4, -0.2) is 48.1 Å². The van der Waals surface area contributed by atoms with Crippen LogP contribution >= 0.6 is 11.3 Å². The van der Waals surface area contributed by atoms with Crippen molar-refractivity contribution in [3.05, 3.63) is 34.2 Å². The highest BCUT2D eigenvalue weighted by atomic mass is 32.1. The minimum absolute atomic E-state index is 0.453. The Hall–Kier alpha value is -1.66. The summed E-state index contributed by atoms with van der Waals surface area (Å²) in [5, 5.41) is 5.77. The van der Waals surface area contributed by atoms with Crippen LogP contribution in [0.15, 0.2) is 23.7 Å². The summed E-state index contributed by atoms with van der Waals surface area (Å²) in [5.74, 6) is 1.67. The van der Waals surface area contributed by atoms with E-state index in [2.05, 4.69) is 38.6 Å². The molecule has 0 radical (unpaired) electrons. The second-order valence-electron chi connectivity index (χ2n) is 6.38. The Bertz CT molecular complexity index is 639. The lowest BCUT2D eigenvalue weighted by molar-refractivity contribution is 0.210. The monoisotopic (exact) mass is 331 g/mol. The van der Waals surface area contributed by atoms with Gasteiger partial charge in [-0.3, -0.25) is 4.90 Å². The third-order valence-corrected chi connectivity index (χ3v) is 5.24. The topological polar surface area (TPSA) is 44.3 Å². The molecule has 0 bridgehead atoms. The van der Waals surface area contributed by atoms with Gasteiger partial charge in [0.15, 0.2) is 0 Å². The summed E-state index contributed by atoms with van der Waals surface area (Å²) in [7, 11) is 3.93. The van der Waals surface area contributed by atoms with Crippen molar-refractivity contribution in [2.24, 2.45) is 0 Å². The average Bonchev–Trinajstić information content (AvgIpc) is 2.93. The van der Waals surface area contributed by atoms with Crippen molar-refractivity contribution in [2.75, 3.05) is 37.4 Å². The van der Waals surface area contributed by atoms with Crippen molar-refractivity contribution in [1.82, 2.24) is 14.9 Å². The molecule has 1 atom stereocenters. The molecule has 2 aromatic heterocycles. The molecule has 1 N–H and O–H groups in total. The molecule has 1 aliphatic heterocycles. The number of hydrogen-bond donors (Lipinski definition) is 1. The van der Waals surface area contributed by atoms with Gasteiger partial charge in [0.25, 0.3) is 0 Å². The van der Waals surface area contributed by atoms with Crippen LogP contribution in [0.3, 0.4) is 0 Å². The summed E-state index contributed by atoms with van der Waals surface area (Å²) in [6.45, 7) is 5.52. The first-order chi connectivity index (χ1) is 11.1. The summed E-state index contributed by atoms with van der Waals surface area (Å²) in [6.07, 6.45) is 4.25. The molecule has 124 valence electrons. The molecule has 0 aliphatic carbocycles. The van der Waals surface area contributed by atoms with Crippen molar-refractivity contribution in [3.63, 3.8) is 0 Å². The maximum absolute atomic E-state index is 4.57. The van der Waals surface area contributed by atoms with Crippen molar-refractivity contribution < 1.29 is 0 Å². The number of likely N-dealkylation sites (tertiary alicyclic amines) is 1. The molecule has 3 heterocycles. The first-order valence-corrected chi connectivity index (χ1v) is 9.02. The number of hydrogen-bond acceptors (Lipinski definition) is 6. The van der Waals surface area contributed by atoms with Crippen LogP contribution in [0.5, 0.6) is 0 Å². The highest BCUT2D eigenvalue weighted by Crippen LogP contribution is 2.22. The van der Waals surface area contributed by atoms with Crippen LogP contribution < -0.4 is 10.2 Å². The zero-order chi connectivity index (χ0) is 16.2. The molecule has 0 spiro atoms. The second kappa shape index (κ2) is 7.27. The third-order valence-electron chi connectivity index (χ3n) is 4.24. The Kier molecular flexibility index (Phi) is 5.13.